The van der Waals surface area contributed by atoms with Gasteiger partial charge in [0.15, 0.2) is 0 Å². The molecule has 27 heavy (non-hydrogen) atoms. The van der Waals surface area contributed by atoms with Gasteiger partial charge in [0.05, 0.1) is 11.5 Å². The molecule has 0 fully saturated rings. The van der Waals surface area contributed by atoms with Crippen molar-refractivity contribution in [2.45, 2.75) is 11.8 Å². The van der Waals surface area contributed by atoms with Gasteiger partial charge in [-0.2, -0.15) is 4.31 Å². The predicted molar refractivity (Wildman–Crippen MR) is 99.0 cm³/mol. The number of carbonyl (C=O) groups excluding carboxylic acids is 2. The monoisotopic (exact) mass is 392 g/mol. The Morgan fingerprint density at radius 1 is 1.07 bits per heavy atom. The van der Waals surface area contributed by atoms with E-state index in [-0.39, 0.29) is 17.3 Å². The van der Waals surface area contributed by atoms with Crippen molar-refractivity contribution < 1.29 is 27.5 Å². The van der Waals surface area contributed by atoms with Crippen molar-refractivity contribution in [3.05, 3.63) is 54.6 Å². The van der Waals surface area contributed by atoms with Gasteiger partial charge in [-0.1, -0.05) is 24.3 Å². The Kier molecular flexibility index (Phi) is 6.91. The largest absolute Gasteiger partial charge is 0.450 e. The first-order valence-corrected chi connectivity index (χ1v) is 9.53. The summed E-state index contributed by atoms with van der Waals surface area (Å²) in [6, 6.07) is 13.9. The van der Waals surface area contributed by atoms with Crippen molar-refractivity contribution in [3.63, 3.8) is 0 Å². The number of hydrogen-bond acceptors (Lipinski definition) is 6. The Morgan fingerprint density at radius 2 is 1.78 bits per heavy atom. The average molecular weight is 392 g/mol. The van der Waals surface area contributed by atoms with Crippen LogP contribution in [0, 0.1) is 0 Å². The summed E-state index contributed by atoms with van der Waals surface area (Å²) in [5.41, 5.74) is 0.379. The third-order valence-electron chi connectivity index (χ3n) is 3.39. The second-order valence-electron chi connectivity index (χ2n) is 5.42. The van der Waals surface area contributed by atoms with Gasteiger partial charge in [-0.05, 0) is 31.2 Å². The molecule has 0 atom stereocenters. The molecule has 0 heterocycles. The van der Waals surface area contributed by atoms with Gasteiger partial charge in [-0.25, -0.2) is 13.2 Å². The zero-order chi connectivity index (χ0) is 19.9. The molecule has 2 rings (SSSR count). The summed E-state index contributed by atoms with van der Waals surface area (Å²) in [6.07, 6.45) is -0.630. The van der Waals surface area contributed by atoms with Gasteiger partial charge in [-0.15, -0.1) is 0 Å². The quantitative estimate of drug-likeness (QED) is 0.574. The van der Waals surface area contributed by atoms with Crippen LogP contribution in [-0.2, 0) is 19.6 Å². The molecule has 0 radical (unpaired) electrons. The number of sulfonamides is 1. The fourth-order valence-electron chi connectivity index (χ4n) is 2.13. The van der Waals surface area contributed by atoms with Crippen LogP contribution in [0.1, 0.15) is 6.92 Å². The second-order valence-corrected chi connectivity index (χ2v) is 7.47. The van der Waals surface area contributed by atoms with E-state index in [4.69, 9.17) is 9.47 Å². The van der Waals surface area contributed by atoms with Gasteiger partial charge in [0.2, 0.25) is 10.0 Å². The van der Waals surface area contributed by atoms with Crippen molar-refractivity contribution in [1.29, 1.82) is 0 Å². The number of likely N-dealkylation sites (N-methyl/N-ethyl adjacent to an activating group) is 1. The summed E-state index contributed by atoms with van der Waals surface area (Å²) >= 11 is 0. The lowest BCUT2D eigenvalue weighted by Crippen LogP contribution is -2.34. The minimum Gasteiger partial charge on any atom is -0.450 e. The van der Waals surface area contributed by atoms with E-state index in [0.717, 1.165) is 4.31 Å². The average Bonchev–Trinajstić information content (AvgIpc) is 2.62. The number of carbonyl (C=O) groups is 2. The summed E-state index contributed by atoms with van der Waals surface area (Å²) < 4.78 is 35.7. The molecule has 2 aromatic rings. The van der Waals surface area contributed by atoms with Gasteiger partial charge in [0, 0.05) is 18.8 Å². The number of ether oxygens (including phenoxy) is 2. The van der Waals surface area contributed by atoms with Crippen molar-refractivity contribution in [2.75, 3.05) is 25.5 Å². The van der Waals surface area contributed by atoms with Crippen LogP contribution in [0.5, 0.6) is 5.75 Å². The number of nitrogens with one attached hydrogen (secondary N) is 1. The Hall–Kier alpha value is -2.91. The molecule has 1 N–H and O–H groups in total. The second kappa shape index (κ2) is 9.15. The topological polar surface area (TPSA) is 102 Å². The number of nitrogens with zero attached hydrogens (tertiary/aromatic N) is 1. The molecule has 0 unspecified atom stereocenters. The maximum Gasteiger partial charge on any atom is 0.411 e. The van der Waals surface area contributed by atoms with Gasteiger partial charge in [0.25, 0.3) is 0 Å². The molecule has 0 aliphatic carbocycles. The molecule has 144 valence electrons. The van der Waals surface area contributed by atoms with Crippen molar-refractivity contribution in [3.8, 4) is 5.75 Å². The number of hydrogen-bond donors (Lipinski definition) is 1. The fraction of sp³-hybridized carbons (Fsp3) is 0.222. The fourth-order valence-corrected chi connectivity index (χ4v) is 3.26. The summed E-state index contributed by atoms with van der Waals surface area (Å²) in [5.74, 6) is -0.593. The summed E-state index contributed by atoms with van der Waals surface area (Å²) in [6.45, 7) is 1.44. The van der Waals surface area contributed by atoms with E-state index in [1.165, 1.54) is 31.3 Å². The SMILES string of the molecule is CCOC(=O)Nc1cccc(OC(=O)CN(C)S(=O)(=O)c2ccccc2)c1. The molecule has 2 aromatic carbocycles. The lowest BCUT2D eigenvalue weighted by atomic mass is 10.3. The highest BCUT2D eigenvalue weighted by Crippen LogP contribution is 2.18. The first-order chi connectivity index (χ1) is 12.8. The highest BCUT2D eigenvalue weighted by molar-refractivity contribution is 7.89. The maximum atomic E-state index is 12.4. The molecule has 0 aliphatic heterocycles. The highest BCUT2D eigenvalue weighted by Gasteiger charge is 2.23. The normalized spacial score (nSPS) is 11.1. The third kappa shape index (κ3) is 5.80. The van der Waals surface area contributed by atoms with E-state index >= 15 is 0 Å². The minimum atomic E-state index is -3.80. The molecule has 0 aliphatic rings. The van der Waals surface area contributed by atoms with Gasteiger partial charge in [0.1, 0.15) is 12.3 Å². The predicted octanol–water partition coefficient (Wildman–Crippen LogP) is 2.48. The van der Waals surface area contributed by atoms with Crippen LogP contribution in [0.15, 0.2) is 59.5 Å². The highest BCUT2D eigenvalue weighted by atomic mass is 32.2. The van der Waals surface area contributed by atoms with Crippen molar-refractivity contribution in [1.82, 2.24) is 4.31 Å². The van der Waals surface area contributed by atoms with E-state index in [2.05, 4.69) is 5.32 Å². The standard InChI is InChI=1S/C18H20N2O6S/c1-3-25-18(22)19-14-8-7-9-15(12-14)26-17(21)13-20(2)27(23,24)16-10-5-4-6-11-16/h4-12H,3,13H2,1-2H3,(H,19,22). The lowest BCUT2D eigenvalue weighted by Gasteiger charge is -2.16. The molecular weight excluding hydrogens is 372 g/mol. The molecule has 8 nitrogen and oxygen atoms in total. The van der Waals surface area contributed by atoms with Crippen LogP contribution in [0.3, 0.4) is 0 Å². The van der Waals surface area contributed by atoms with Crippen LogP contribution in [0.25, 0.3) is 0 Å². The Balaban J connectivity index is 2.00. The van der Waals surface area contributed by atoms with Crippen LogP contribution in [0.2, 0.25) is 0 Å². The van der Waals surface area contributed by atoms with E-state index < -0.39 is 28.6 Å². The lowest BCUT2D eigenvalue weighted by molar-refractivity contribution is -0.134. The molecular formula is C18H20N2O6S. The smallest absolute Gasteiger partial charge is 0.411 e. The number of rotatable bonds is 7. The zero-order valence-corrected chi connectivity index (χ0v) is 15.7. The minimum absolute atomic E-state index is 0.0842. The number of esters is 1. The molecule has 0 bridgehead atoms. The van der Waals surface area contributed by atoms with Gasteiger partial charge < -0.3 is 9.47 Å². The summed E-state index contributed by atoms with van der Waals surface area (Å²) in [7, 11) is -2.50. The van der Waals surface area contributed by atoms with Crippen LogP contribution >= 0.6 is 0 Å². The molecule has 0 saturated carbocycles. The van der Waals surface area contributed by atoms with Crippen molar-refractivity contribution in [2.24, 2.45) is 0 Å². The van der Waals surface area contributed by atoms with E-state index in [0.29, 0.717) is 5.69 Å². The van der Waals surface area contributed by atoms with Crippen LogP contribution < -0.4 is 10.1 Å². The Labute approximate surface area is 157 Å². The molecule has 0 saturated heterocycles. The molecule has 1 amide bonds. The van der Waals surface area contributed by atoms with Crippen molar-refractivity contribution >= 4 is 27.8 Å². The summed E-state index contributed by atoms with van der Waals surface area (Å²) in [5, 5.41) is 2.48. The number of benzene rings is 2. The number of amides is 1. The van der Waals surface area contributed by atoms with E-state index in [9.17, 15) is 18.0 Å². The first-order valence-electron chi connectivity index (χ1n) is 8.09. The maximum absolute atomic E-state index is 12.4. The first kappa shape index (κ1) is 20.4. The summed E-state index contributed by atoms with van der Waals surface area (Å²) in [4.78, 5) is 23.6. The van der Waals surface area contributed by atoms with Crippen LogP contribution in [0.4, 0.5) is 10.5 Å². The number of anilines is 1. The molecule has 0 spiro atoms. The van der Waals surface area contributed by atoms with Crippen LogP contribution in [-0.4, -0.2) is 45.0 Å². The zero-order valence-electron chi connectivity index (χ0n) is 14.9. The Morgan fingerprint density at radius 3 is 2.44 bits per heavy atom. The van der Waals surface area contributed by atoms with E-state index in [1.807, 2.05) is 0 Å². The molecule has 0 aromatic heterocycles. The Bertz CT molecular complexity index is 899. The van der Waals surface area contributed by atoms with Gasteiger partial charge >= 0.3 is 12.1 Å². The van der Waals surface area contributed by atoms with E-state index in [1.54, 1.807) is 37.3 Å². The van der Waals surface area contributed by atoms with Gasteiger partial charge in [-0.3, -0.25) is 10.1 Å². The third-order valence-corrected chi connectivity index (χ3v) is 5.21. The molecule has 9 heteroatoms.